The van der Waals surface area contributed by atoms with Crippen molar-refractivity contribution in [2.45, 2.75) is 13.2 Å². The molecule has 4 rings (SSSR count). The first-order valence-corrected chi connectivity index (χ1v) is 6.65. The molecule has 0 amide bonds. The third-order valence-corrected chi connectivity index (χ3v) is 3.67. The molecule has 2 aliphatic heterocycles. The zero-order valence-corrected chi connectivity index (χ0v) is 10.9. The largest absolute Gasteiger partial charge is 0.496 e. The van der Waals surface area contributed by atoms with Gasteiger partial charge in [-0.1, -0.05) is 24.3 Å². The molecule has 0 aromatic heterocycles. The van der Waals surface area contributed by atoms with Crippen LogP contribution in [0.25, 0.3) is 17.9 Å². The molecule has 0 bridgehead atoms. The number of rotatable bonds is 1. The highest BCUT2D eigenvalue weighted by Gasteiger charge is 2.14. The van der Waals surface area contributed by atoms with Gasteiger partial charge in [0.2, 0.25) is 0 Å². The summed E-state index contributed by atoms with van der Waals surface area (Å²) in [6, 6.07) is 15.4. The summed E-state index contributed by atoms with van der Waals surface area (Å²) in [6.45, 7) is 1.25. The van der Waals surface area contributed by atoms with Gasteiger partial charge < -0.3 is 9.47 Å². The van der Waals surface area contributed by atoms with Gasteiger partial charge >= 0.3 is 0 Å². The third-order valence-electron chi connectivity index (χ3n) is 3.67. The van der Waals surface area contributed by atoms with Crippen molar-refractivity contribution in [2.24, 2.45) is 0 Å². The van der Waals surface area contributed by atoms with E-state index >= 15 is 0 Å². The van der Waals surface area contributed by atoms with Gasteiger partial charge in [-0.25, -0.2) is 0 Å². The Bertz CT molecular complexity index is 726. The smallest absolute Gasteiger partial charge is 0.127 e. The van der Waals surface area contributed by atoms with E-state index in [1.807, 2.05) is 18.2 Å². The lowest BCUT2D eigenvalue weighted by atomic mass is 9.99. The van der Waals surface area contributed by atoms with Crippen LogP contribution < -0.4 is 0 Å². The monoisotopic (exact) mass is 261 g/mol. The van der Waals surface area contributed by atoms with E-state index < -0.39 is 0 Å². The molecule has 0 atom stereocenters. The molecule has 0 saturated carbocycles. The number of hydrogen-bond donors (Lipinski definition) is 0. The molecule has 2 heteroatoms. The molecule has 20 heavy (non-hydrogen) atoms. The van der Waals surface area contributed by atoms with Gasteiger partial charge in [0.25, 0.3) is 0 Å². The van der Waals surface area contributed by atoms with Crippen LogP contribution in [0.4, 0.5) is 0 Å². The summed E-state index contributed by atoms with van der Waals surface area (Å²) in [4.78, 5) is 0. The Balaban J connectivity index is 1.76. The lowest BCUT2D eigenvalue weighted by Crippen LogP contribution is -2.03. The summed E-state index contributed by atoms with van der Waals surface area (Å²) in [7, 11) is 0. The van der Waals surface area contributed by atoms with E-state index in [4.69, 9.17) is 9.47 Å². The van der Waals surface area contributed by atoms with Crippen molar-refractivity contribution >= 4 is 17.9 Å². The van der Waals surface area contributed by atoms with Crippen molar-refractivity contribution in [3.63, 3.8) is 0 Å². The Morgan fingerprint density at radius 2 is 2.00 bits per heavy atom. The highest BCUT2D eigenvalue weighted by molar-refractivity contribution is 5.81. The summed E-state index contributed by atoms with van der Waals surface area (Å²) in [5, 5.41) is 0. The van der Waals surface area contributed by atoms with Crippen molar-refractivity contribution in [1.29, 1.82) is 0 Å². The number of hydrogen-bond acceptors (Lipinski definition) is 2. The molecule has 0 saturated heterocycles. The minimum absolute atomic E-state index is 0.606. The molecule has 2 nitrogen and oxygen atoms in total. The summed E-state index contributed by atoms with van der Waals surface area (Å²) in [6.07, 6.45) is 5.83. The summed E-state index contributed by atoms with van der Waals surface area (Å²) in [5.74, 6) is 0.923. The number of fused-ring (bicyclic) bond motifs is 2. The van der Waals surface area contributed by atoms with E-state index in [0.29, 0.717) is 13.2 Å². The van der Waals surface area contributed by atoms with Gasteiger partial charge in [-0.2, -0.15) is 0 Å². The highest BCUT2D eigenvalue weighted by Crippen LogP contribution is 2.30. The van der Waals surface area contributed by atoms with Crippen LogP contribution in [0.15, 0.2) is 42.7 Å². The second kappa shape index (κ2) is 4.57. The maximum Gasteiger partial charge on any atom is 0.127 e. The average molecular weight is 261 g/mol. The summed E-state index contributed by atoms with van der Waals surface area (Å²) < 4.78 is 11.2. The fourth-order valence-electron chi connectivity index (χ4n) is 2.54. The fraction of sp³-hybridized carbons (Fsp3) is 0.111. The van der Waals surface area contributed by atoms with E-state index in [-0.39, 0.29) is 0 Å². The zero-order valence-electron chi connectivity index (χ0n) is 10.9. The van der Waals surface area contributed by atoms with Crippen molar-refractivity contribution in [3.8, 4) is 0 Å². The van der Waals surface area contributed by atoms with Gasteiger partial charge in [-0.05, 0) is 52.6 Å². The molecule has 2 heterocycles. The predicted molar refractivity (Wildman–Crippen MR) is 78.2 cm³/mol. The first kappa shape index (κ1) is 11.4. The Morgan fingerprint density at radius 1 is 1.00 bits per heavy atom. The lowest BCUT2D eigenvalue weighted by molar-refractivity contribution is 0.234. The van der Waals surface area contributed by atoms with Gasteiger partial charge in [0.05, 0.1) is 6.26 Å². The molecule has 2 aromatic carbocycles. The van der Waals surface area contributed by atoms with Crippen LogP contribution in [-0.2, 0) is 22.7 Å². The zero-order chi connectivity index (χ0) is 13.4. The lowest BCUT2D eigenvalue weighted by Gasteiger charge is -2.19. The minimum atomic E-state index is 0.606. The summed E-state index contributed by atoms with van der Waals surface area (Å²) >= 11 is 0. The quantitative estimate of drug-likeness (QED) is 0.772. The normalized spacial score (nSPS) is 15.5. The van der Waals surface area contributed by atoms with Crippen molar-refractivity contribution in [1.82, 2.24) is 0 Å². The molecule has 2 aromatic rings. The first-order chi connectivity index (χ1) is 9.90. The van der Waals surface area contributed by atoms with E-state index in [1.165, 1.54) is 22.3 Å². The second-order valence-corrected chi connectivity index (χ2v) is 4.95. The van der Waals surface area contributed by atoms with Crippen molar-refractivity contribution in [2.75, 3.05) is 0 Å². The van der Waals surface area contributed by atoms with E-state index in [0.717, 1.165) is 11.3 Å². The molecule has 0 fully saturated rings. The minimum Gasteiger partial charge on any atom is -0.496 e. The van der Waals surface area contributed by atoms with Crippen LogP contribution in [0.5, 0.6) is 0 Å². The van der Waals surface area contributed by atoms with Crippen LogP contribution in [0.2, 0.25) is 0 Å². The fourth-order valence-corrected chi connectivity index (χ4v) is 2.54. The van der Waals surface area contributed by atoms with E-state index in [2.05, 4.69) is 36.4 Å². The first-order valence-electron chi connectivity index (χ1n) is 6.65. The summed E-state index contributed by atoms with van der Waals surface area (Å²) in [5.41, 5.74) is 5.91. The Kier molecular flexibility index (Phi) is 2.59. The van der Waals surface area contributed by atoms with Crippen molar-refractivity contribution < 1.29 is 9.47 Å². The van der Waals surface area contributed by atoms with Crippen LogP contribution in [0.3, 0.4) is 0 Å². The van der Waals surface area contributed by atoms with Gasteiger partial charge in [0, 0.05) is 5.56 Å². The molecule has 0 spiro atoms. The Morgan fingerprint density at radius 3 is 3.00 bits per heavy atom. The topological polar surface area (TPSA) is 18.5 Å². The van der Waals surface area contributed by atoms with E-state index in [1.54, 1.807) is 6.26 Å². The second-order valence-electron chi connectivity index (χ2n) is 4.95. The van der Waals surface area contributed by atoms with Crippen LogP contribution in [0.1, 0.15) is 27.8 Å². The SMILES string of the molecule is [c]1ccc2c(c1)COC(c1ccc3c(c1)C=COC3)=C2. The van der Waals surface area contributed by atoms with Crippen molar-refractivity contribution in [3.05, 3.63) is 76.5 Å². The molecule has 0 unspecified atom stereocenters. The number of ether oxygens (including phenoxy) is 2. The van der Waals surface area contributed by atoms with Crippen LogP contribution in [0, 0.1) is 6.07 Å². The van der Waals surface area contributed by atoms with Gasteiger partial charge in [-0.15, -0.1) is 0 Å². The standard InChI is InChI=1S/C18H13O2/c1-2-4-16-12-20-18(10-13(16)3-1)15-5-6-17-11-19-8-7-14(17)9-15/h1,3-10H,11-12H2. The molecule has 2 aliphatic rings. The molecule has 0 aliphatic carbocycles. The third kappa shape index (κ3) is 1.90. The van der Waals surface area contributed by atoms with Gasteiger partial charge in [0.15, 0.2) is 0 Å². The van der Waals surface area contributed by atoms with Gasteiger partial charge in [0.1, 0.15) is 19.0 Å². The Labute approximate surface area is 118 Å². The molecule has 1 radical (unpaired) electrons. The molecular weight excluding hydrogens is 248 g/mol. The molecular formula is C18H13O2. The maximum absolute atomic E-state index is 5.87. The highest BCUT2D eigenvalue weighted by atomic mass is 16.5. The average Bonchev–Trinajstić information content (AvgIpc) is 2.54. The van der Waals surface area contributed by atoms with E-state index in [9.17, 15) is 0 Å². The maximum atomic E-state index is 5.87. The molecule has 97 valence electrons. The van der Waals surface area contributed by atoms with Crippen LogP contribution in [-0.4, -0.2) is 0 Å². The van der Waals surface area contributed by atoms with Gasteiger partial charge in [-0.3, -0.25) is 0 Å². The number of benzene rings is 2. The predicted octanol–water partition coefficient (Wildman–Crippen LogP) is 4.02. The van der Waals surface area contributed by atoms with Crippen LogP contribution >= 0.6 is 0 Å². The Hall–Kier alpha value is -2.48. The molecule has 0 N–H and O–H groups in total.